The van der Waals surface area contributed by atoms with Crippen molar-refractivity contribution in [3.05, 3.63) is 53.1 Å². The molecular formula is C22H26N2O4. The van der Waals surface area contributed by atoms with Crippen LogP contribution in [0.4, 0.5) is 5.69 Å². The standard InChI is InChI=1S/C22H26N2O4/c1-14-6-5-7-15(2)19(14)24-21(26)22(10-11-22)20(25)23-13-16-8-9-17(27-3)18(12-16)28-4/h5-9,12H,10-11,13H2,1-4H3,(H,23,25)(H,24,26). The van der Waals surface area contributed by atoms with Gasteiger partial charge in [-0.05, 0) is 55.5 Å². The van der Waals surface area contributed by atoms with Crippen molar-refractivity contribution in [3.63, 3.8) is 0 Å². The number of nitrogens with one attached hydrogen (secondary N) is 2. The van der Waals surface area contributed by atoms with Gasteiger partial charge in [-0.3, -0.25) is 9.59 Å². The van der Waals surface area contributed by atoms with Gasteiger partial charge < -0.3 is 20.1 Å². The molecule has 1 fully saturated rings. The van der Waals surface area contributed by atoms with Crippen LogP contribution in [0.1, 0.15) is 29.5 Å². The maximum atomic E-state index is 12.8. The summed E-state index contributed by atoms with van der Waals surface area (Å²) in [6, 6.07) is 11.3. The molecule has 0 bridgehead atoms. The predicted octanol–water partition coefficient (Wildman–Crippen LogP) is 3.36. The second-order valence-electron chi connectivity index (χ2n) is 7.18. The molecule has 6 nitrogen and oxygen atoms in total. The van der Waals surface area contributed by atoms with E-state index in [1.165, 1.54) is 0 Å². The average molecular weight is 382 g/mol. The van der Waals surface area contributed by atoms with Gasteiger partial charge >= 0.3 is 0 Å². The largest absolute Gasteiger partial charge is 0.493 e. The Kier molecular flexibility index (Phi) is 5.58. The maximum Gasteiger partial charge on any atom is 0.240 e. The van der Waals surface area contributed by atoms with Gasteiger partial charge in [0.05, 0.1) is 14.2 Å². The van der Waals surface area contributed by atoms with Gasteiger partial charge in [0.15, 0.2) is 11.5 Å². The number of amides is 2. The summed E-state index contributed by atoms with van der Waals surface area (Å²) in [5.41, 5.74) is 2.64. The lowest BCUT2D eigenvalue weighted by Crippen LogP contribution is -2.39. The number of hydrogen-bond acceptors (Lipinski definition) is 4. The van der Waals surface area contributed by atoms with Crippen molar-refractivity contribution in [3.8, 4) is 11.5 Å². The van der Waals surface area contributed by atoms with Crippen molar-refractivity contribution < 1.29 is 19.1 Å². The highest BCUT2D eigenvalue weighted by molar-refractivity contribution is 6.13. The lowest BCUT2D eigenvalue weighted by Gasteiger charge is -2.18. The van der Waals surface area contributed by atoms with E-state index in [0.29, 0.717) is 30.9 Å². The average Bonchev–Trinajstić information content (AvgIpc) is 3.50. The van der Waals surface area contributed by atoms with Gasteiger partial charge in [-0.1, -0.05) is 24.3 Å². The molecule has 0 aromatic heterocycles. The van der Waals surface area contributed by atoms with Crippen LogP contribution in [-0.2, 0) is 16.1 Å². The van der Waals surface area contributed by atoms with Crippen molar-refractivity contribution >= 4 is 17.5 Å². The number of hydrogen-bond donors (Lipinski definition) is 2. The Bertz CT molecular complexity index is 883. The molecule has 3 rings (SSSR count). The number of ether oxygens (including phenoxy) is 2. The van der Waals surface area contributed by atoms with Crippen LogP contribution in [0.3, 0.4) is 0 Å². The minimum absolute atomic E-state index is 0.241. The molecule has 0 atom stereocenters. The second-order valence-corrected chi connectivity index (χ2v) is 7.18. The molecular weight excluding hydrogens is 356 g/mol. The molecule has 6 heteroatoms. The molecule has 2 aromatic carbocycles. The normalized spacial score (nSPS) is 14.1. The molecule has 0 spiro atoms. The monoisotopic (exact) mass is 382 g/mol. The van der Waals surface area contributed by atoms with Gasteiger partial charge in [0.2, 0.25) is 11.8 Å². The van der Waals surface area contributed by atoms with Gasteiger partial charge in [0.1, 0.15) is 5.41 Å². The summed E-state index contributed by atoms with van der Waals surface area (Å²) in [6.07, 6.45) is 1.11. The summed E-state index contributed by atoms with van der Waals surface area (Å²) < 4.78 is 10.5. The summed E-state index contributed by atoms with van der Waals surface area (Å²) in [7, 11) is 3.14. The molecule has 1 aliphatic rings. The topological polar surface area (TPSA) is 76.7 Å². The van der Waals surface area contributed by atoms with E-state index in [1.807, 2.05) is 44.2 Å². The van der Waals surface area contributed by atoms with Crippen LogP contribution in [0.2, 0.25) is 0 Å². The molecule has 0 heterocycles. The Morgan fingerprint density at radius 3 is 2.18 bits per heavy atom. The minimum Gasteiger partial charge on any atom is -0.493 e. The number of anilines is 1. The molecule has 28 heavy (non-hydrogen) atoms. The summed E-state index contributed by atoms with van der Waals surface area (Å²) in [5, 5.41) is 5.85. The lowest BCUT2D eigenvalue weighted by molar-refractivity contribution is -0.134. The Hall–Kier alpha value is -3.02. The first kappa shape index (κ1) is 19.7. The van der Waals surface area contributed by atoms with E-state index in [2.05, 4.69) is 10.6 Å². The Labute approximate surface area is 165 Å². The Morgan fingerprint density at radius 2 is 1.61 bits per heavy atom. The van der Waals surface area contributed by atoms with Gasteiger partial charge in [0, 0.05) is 12.2 Å². The minimum atomic E-state index is -0.981. The highest BCUT2D eigenvalue weighted by Crippen LogP contribution is 2.47. The molecule has 0 saturated heterocycles. The number of carbonyl (C=O) groups excluding carboxylic acids is 2. The zero-order valence-electron chi connectivity index (χ0n) is 16.7. The summed E-state index contributed by atoms with van der Waals surface area (Å²) in [5.74, 6) is 0.744. The molecule has 0 unspecified atom stereocenters. The lowest BCUT2D eigenvalue weighted by atomic mass is 10.0. The first-order valence-corrected chi connectivity index (χ1v) is 9.28. The smallest absolute Gasteiger partial charge is 0.240 e. The molecule has 2 amide bonds. The predicted molar refractivity (Wildman–Crippen MR) is 108 cm³/mol. The van der Waals surface area contributed by atoms with E-state index in [9.17, 15) is 9.59 Å². The third-order valence-corrected chi connectivity index (χ3v) is 5.24. The summed E-state index contributed by atoms with van der Waals surface area (Å²) in [6.45, 7) is 4.20. The zero-order chi connectivity index (χ0) is 20.3. The molecule has 0 aliphatic heterocycles. The van der Waals surface area contributed by atoms with Gasteiger partial charge in [-0.25, -0.2) is 0 Å². The second kappa shape index (κ2) is 7.92. The summed E-state index contributed by atoms with van der Waals surface area (Å²) >= 11 is 0. The number of benzene rings is 2. The highest BCUT2D eigenvalue weighted by Gasteiger charge is 2.56. The van der Waals surface area contributed by atoms with Gasteiger partial charge in [-0.2, -0.15) is 0 Å². The molecule has 1 saturated carbocycles. The number of carbonyl (C=O) groups is 2. The molecule has 148 valence electrons. The van der Waals surface area contributed by atoms with Gasteiger partial charge in [0.25, 0.3) is 0 Å². The van der Waals surface area contributed by atoms with E-state index < -0.39 is 5.41 Å². The van der Waals surface area contributed by atoms with E-state index in [-0.39, 0.29) is 11.8 Å². The van der Waals surface area contributed by atoms with Crippen molar-refractivity contribution in [2.24, 2.45) is 5.41 Å². The van der Waals surface area contributed by atoms with Crippen molar-refractivity contribution in [2.75, 3.05) is 19.5 Å². The molecule has 1 aliphatic carbocycles. The van der Waals surface area contributed by atoms with Crippen LogP contribution >= 0.6 is 0 Å². The first-order chi connectivity index (χ1) is 13.4. The highest BCUT2D eigenvalue weighted by atomic mass is 16.5. The number of aryl methyl sites for hydroxylation is 2. The van der Waals surface area contributed by atoms with E-state index in [0.717, 1.165) is 22.4 Å². The maximum absolute atomic E-state index is 12.8. The van der Waals surface area contributed by atoms with Crippen LogP contribution in [0.5, 0.6) is 11.5 Å². The fraction of sp³-hybridized carbons (Fsp3) is 0.364. The third-order valence-electron chi connectivity index (χ3n) is 5.24. The summed E-state index contributed by atoms with van der Waals surface area (Å²) in [4.78, 5) is 25.6. The fourth-order valence-electron chi connectivity index (χ4n) is 3.27. The Morgan fingerprint density at radius 1 is 0.964 bits per heavy atom. The van der Waals surface area contributed by atoms with Crippen LogP contribution in [-0.4, -0.2) is 26.0 Å². The van der Waals surface area contributed by atoms with Crippen LogP contribution in [0, 0.1) is 19.3 Å². The SMILES string of the molecule is COc1ccc(CNC(=O)C2(C(=O)Nc3c(C)cccc3C)CC2)cc1OC. The van der Waals surface area contributed by atoms with E-state index in [4.69, 9.17) is 9.47 Å². The molecule has 2 N–H and O–H groups in total. The van der Waals surface area contributed by atoms with Crippen molar-refractivity contribution in [1.29, 1.82) is 0 Å². The quantitative estimate of drug-likeness (QED) is 0.720. The first-order valence-electron chi connectivity index (χ1n) is 9.28. The van der Waals surface area contributed by atoms with E-state index >= 15 is 0 Å². The molecule has 2 aromatic rings. The number of methoxy groups -OCH3 is 2. The third kappa shape index (κ3) is 3.81. The van der Waals surface area contributed by atoms with Crippen molar-refractivity contribution in [1.82, 2.24) is 5.32 Å². The van der Waals surface area contributed by atoms with Crippen LogP contribution in [0.25, 0.3) is 0 Å². The zero-order valence-corrected chi connectivity index (χ0v) is 16.7. The fourth-order valence-corrected chi connectivity index (χ4v) is 3.27. The van der Waals surface area contributed by atoms with Crippen LogP contribution in [0.15, 0.2) is 36.4 Å². The Balaban J connectivity index is 1.66. The number of rotatable bonds is 7. The van der Waals surface area contributed by atoms with Gasteiger partial charge in [-0.15, -0.1) is 0 Å². The van der Waals surface area contributed by atoms with E-state index in [1.54, 1.807) is 20.3 Å². The molecule has 0 radical (unpaired) electrons. The van der Waals surface area contributed by atoms with Crippen molar-refractivity contribution in [2.45, 2.75) is 33.2 Å². The van der Waals surface area contributed by atoms with Crippen LogP contribution < -0.4 is 20.1 Å². The number of para-hydroxylation sites is 1.